The standard InChI is InChI=1S/C17H19BrClN/c18-15-10-9-14(17(19)12-15)11-16(20)8-4-7-13-5-2-1-3-6-13/h1-3,5-6,9-10,12,16H,4,7-8,11,20H2. The van der Waals surface area contributed by atoms with Gasteiger partial charge in [-0.3, -0.25) is 0 Å². The Hall–Kier alpha value is -0.830. The van der Waals surface area contributed by atoms with Crippen molar-refractivity contribution in [1.29, 1.82) is 0 Å². The van der Waals surface area contributed by atoms with Crippen LogP contribution in [-0.4, -0.2) is 6.04 Å². The number of hydrogen-bond donors (Lipinski definition) is 1. The summed E-state index contributed by atoms with van der Waals surface area (Å²) in [6.45, 7) is 0. The van der Waals surface area contributed by atoms with Gasteiger partial charge in [0.05, 0.1) is 0 Å². The van der Waals surface area contributed by atoms with Crippen LogP contribution < -0.4 is 5.73 Å². The zero-order chi connectivity index (χ0) is 14.4. The van der Waals surface area contributed by atoms with Crippen molar-refractivity contribution >= 4 is 27.5 Å². The first-order valence-electron chi connectivity index (χ1n) is 6.88. The maximum Gasteiger partial charge on any atom is 0.0449 e. The second kappa shape index (κ2) is 7.82. The van der Waals surface area contributed by atoms with Crippen LogP contribution in [0.5, 0.6) is 0 Å². The summed E-state index contributed by atoms with van der Waals surface area (Å²) in [5.74, 6) is 0. The van der Waals surface area contributed by atoms with Crippen LogP contribution in [0, 0.1) is 0 Å². The maximum atomic E-state index is 6.22. The van der Waals surface area contributed by atoms with Gasteiger partial charge in [-0.1, -0.05) is 63.9 Å². The first kappa shape index (κ1) is 15.6. The highest BCUT2D eigenvalue weighted by Crippen LogP contribution is 2.23. The van der Waals surface area contributed by atoms with Crippen LogP contribution in [0.1, 0.15) is 24.0 Å². The second-order valence-corrected chi connectivity index (χ2v) is 6.40. The Bertz CT molecular complexity index is 542. The van der Waals surface area contributed by atoms with Crippen LogP contribution in [0.3, 0.4) is 0 Å². The molecule has 3 heteroatoms. The van der Waals surface area contributed by atoms with Crippen LogP contribution in [0.15, 0.2) is 53.0 Å². The molecular formula is C17H19BrClN. The molecule has 2 aromatic rings. The summed E-state index contributed by atoms with van der Waals surface area (Å²) < 4.78 is 1.00. The molecular weight excluding hydrogens is 334 g/mol. The van der Waals surface area contributed by atoms with Crippen molar-refractivity contribution in [3.63, 3.8) is 0 Å². The summed E-state index contributed by atoms with van der Waals surface area (Å²) in [6.07, 6.45) is 4.05. The summed E-state index contributed by atoms with van der Waals surface area (Å²) in [7, 11) is 0. The molecule has 0 aliphatic heterocycles. The van der Waals surface area contributed by atoms with Crippen LogP contribution in [0.2, 0.25) is 5.02 Å². The van der Waals surface area contributed by atoms with Gasteiger partial charge in [-0.25, -0.2) is 0 Å². The van der Waals surface area contributed by atoms with Crippen molar-refractivity contribution in [1.82, 2.24) is 0 Å². The Labute approximate surface area is 134 Å². The van der Waals surface area contributed by atoms with Gasteiger partial charge >= 0.3 is 0 Å². The third-order valence-electron chi connectivity index (χ3n) is 3.38. The van der Waals surface area contributed by atoms with E-state index in [1.807, 2.05) is 24.3 Å². The number of nitrogens with two attached hydrogens (primary N) is 1. The fraction of sp³-hybridized carbons (Fsp3) is 0.294. The van der Waals surface area contributed by atoms with E-state index in [9.17, 15) is 0 Å². The van der Waals surface area contributed by atoms with Gasteiger partial charge in [-0.15, -0.1) is 0 Å². The van der Waals surface area contributed by atoms with Gasteiger partial charge in [-0.2, -0.15) is 0 Å². The van der Waals surface area contributed by atoms with Gasteiger partial charge in [0.25, 0.3) is 0 Å². The van der Waals surface area contributed by atoms with Crippen molar-refractivity contribution < 1.29 is 0 Å². The number of rotatable bonds is 6. The molecule has 0 heterocycles. The van der Waals surface area contributed by atoms with E-state index in [0.29, 0.717) is 0 Å². The molecule has 106 valence electrons. The molecule has 0 saturated carbocycles. The highest BCUT2D eigenvalue weighted by Gasteiger charge is 2.08. The molecule has 0 radical (unpaired) electrons. The maximum absolute atomic E-state index is 6.22. The van der Waals surface area contributed by atoms with E-state index in [4.69, 9.17) is 17.3 Å². The molecule has 0 aliphatic rings. The van der Waals surface area contributed by atoms with E-state index in [1.165, 1.54) is 5.56 Å². The predicted octanol–water partition coefficient (Wildman–Crippen LogP) is 5.00. The van der Waals surface area contributed by atoms with E-state index in [2.05, 4.69) is 40.2 Å². The summed E-state index contributed by atoms with van der Waals surface area (Å²) in [6, 6.07) is 16.7. The minimum atomic E-state index is 0.164. The van der Waals surface area contributed by atoms with Crippen molar-refractivity contribution in [3.05, 3.63) is 69.2 Å². The monoisotopic (exact) mass is 351 g/mol. The lowest BCUT2D eigenvalue weighted by Crippen LogP contribution is -2.23. The molecule has 1 atom stereocenters. The Morgan fingerprint density at radius 1 is 1.10 bits per heavy atom. The summed E-state index contributed by atoms with van der Waals surface area (Å²) in [5, 5.41) is 0.790. The van der Waals surface area contributed by atoms with Gasteiger partial charge in [0.15, 0.2) is 0 Å². The molecule has 0 aliphatic carbocycles. The average molecular weight is 353 g/mol. The quantitative estimate of drug-likeness (QED) is 0.778. The number of halogens is 2. The lowest BCUT2D eigenvalue weighted by molar-refractivity contribution is 0.580. The van der Waals surface area contributed by atoms with Crippen molar-refractivity contribution in [2.24, 2.45) is 5.73 Å². The van der Waals surface area contributed by atoms with Gasteiger partial charge < -0.3 is 5.73 Å². The molecule has 20 heavy (non-hydrogen) atoms. The zero-order valence-electron chi connectivity index (χ0n) is 11.4. The van der Waals surface area contributed by atoms with Gasteiger partial charge in [0, 0.05) is 15.5 Å². The molecule has 1 nitrogen and oxygen atoms in total. The molecule has 2 N–H and O–H groups in total. The van der Waals surface area contributed by atoms with Crippen LogP contribution >= 0.6 is 27.5 Å². The first-order valence-corrected chi connectivity index (χ1v) is 8.05. The largest absolute Gasteiger partial charge is 0.327 e. The molecule has 0 aromatic heterocycles. The zero-order valence-corrected chi connectivity index (χ0v) is 13.7. The molecule has 0 amide bonds. The third-order valence-corrected chi connectivity index (χ3v) is 4.23. The topological polar surface area (TPSA) is 26.0 Å². The minimum Gasteiger partial charge on any atom is -0.327 e. The molecule has 0 fully saturated rings. The Morgan fingerprint density at radius 3 is 2.55 bits per heavy atom. The second-order valence-electron chi connectivity index (χ2n) is 5.08. The minimum absolute atomic E-state index is 0.164. The van der Waals surface area contributed by atoms with E-state index in [0.717, 1.165) is 40.7 Å². The molecule has 2 aromatic carbocycles. The van der Waals surface area contributed by atoms with E-state index in [-0.39, 0.29) is 6.04 Å². The Morgan fingerprint density at radius 2 is 1.85 bits per heavy atom. The molecule has 0 bridgehead atoms. The molecule has 0 spiro atoms. The van der Waals surface area contributed by atoms with E-state index >= 15 is 0 Å². The SMILES string of the molecule is NC(CCCc1ccccc1)Cc1ccc(Br)cc1Cl. The lowest BCUT2D eigenvalue weighted by atomic mass is 10.00. The number of hydrogen-bond acceptors (Lipinski definition) is 1. The fourth-order valence-corrected chi connectivity index (χ4v) is 3.04. The predicted molar refractivity (Wildman–Crippen MR) is 90.2 cm³/mol. The van der Waals surface area contributed by atoms with Gasteiger partial charge in [0.2, 0.25) is 0 Å². The molecule has 1 unspecified atom stereocenters. The fourth-order valence-electron chi connectivity index (χ4n) is 2.28. The van der Waals surface area contributed by atoms with Gasteiger partial charge in [-0.05, 0) is 48.9 Å². The molecule has 0 saturated heterocycles. The number of aryl methyl sites for hydroxylation is 1. The molecule has 2 rings (SSSR count). The normalized spacial score (nSPS) is 12.3. The number of benzene rings is 2. The van der Waals surface area contributed by atoms with Crippen molar-refractivity contribution in [2.75, 3.05) is 0 Å². The third kappa shape index (κ3) is 4.93. The Balaban J connectivity index is 1.79. The van der Waals surface area contributed by atoms with E-state index in [1.54, 1.807) is 0 Å². The van der Waals surface area contributed by atoms with Crippen molar-refractivity contribution in [3.8, 4) is 0 Å². The summed E-state index contributed by atoms with van der Waals surface area (Å²) in [4.78, 5) is 0. The highest BCUT2D eigenvalue weighted by atomic mass is 79.9. The summed E-state index contributed by atoms with van der Waals surface area (Å²) >= 11 is 9.63. The Kier molecular flexibility index (Phi) is 6.08. The lowest BCUT2D eigenvalue weighted by Gasteiger charge is -2.13. The van der Waals surface area contributed by atoms with Gasteiger partial charge in [0.1, 0.15) is 0 Å². The summed E-state index contributed by atoms with van der Waals surface area (Å²) in [5.41, 5.74) is 8.71. The van der Waals surface area contributed by atoms with Crippen molar-refractivity contribution in [2.45, 2.75) is 31.7 Å². The van der Waals surface area contributed by atoms with E-state index < -0.39 is 0 Å². The first-order chi connectivity index (χ1) is 9.65. The van der Waals surface area contributed by atoms with Crippen LogP contribution in [-0.2, 0) is 12.8 Å². The average Bonchev–Trinajstić information content (AvgIpc) is 2.43. The van der Waals surface area contributed by atoms with Crippen LogP contribution in [0.4, 0.5) is 0 Å². The highest BCUT2D eigenvalue weighted by molar-refractivity contribution is 9.10. The smallest absolute Gasteiger partial charge is 0.0449 e. The van der Waals surface area contributed by atoms with Crippen LogP contribution in [0.25, 0.3) is 0 Å².